The molecule has 1 heterocycles. The fraction of sp³-hybridized carbons (Fsp3) is 0.941. The molecule has 0 aromatic carbocycles. The number of carbonyl (C=O) groups is 1. The normalized spacial score (nSPS) is 25.3. The summed E-state index contributed by atoms with van der Waals surface area (Å²) in [6.07, 6.45) is 9.72. The number of hydrogen-bond donors (Lipinski definition) is 2. The van der Waals surface area contributed by atoms with E-state index >= 15 is 0 Å². The molecule has 0 bridgehead atoms. The molecule has 0 aromatic rings. The van der Waals surface area contributed by atoms with Crippen LogP contribution in [0.3, 0.4) is 0 Å². The second-order valence-corrected chi connectivity index (χ2v) is 7.17. The molecule has 1 saturated carbocycles. The van der Waals surface area contributed by atoms with E-state index in [1.807, 2.05) is 0 Å². The molecule has 4 heteroatoms. The molecule has 2 aliphatic rings. The highest BCUT2D eigenvalue weighted by Crippen LogP contribution is 2.44. The van der Waals surface area contributed by atoms with E-state index in [1.165, 1.54) is 44.9 Å². The molecule has 1 aliphatic heterocycles. The summed E-state index contributed by atoms with van der Waals surface area (Å²) in [7, 11) is 0. The molecule has 1 saturated heterocycles. The Balaban J connectivity index is 0.00000220. The molecule has 2 rings (SSSR count). The van der Waals surface area contributed by atoms with Crippen LogP contribution in [-0.4, -0.2) is 25.5 Å². The first-order valence-corrected chi connectivity index (χ1v) is 8.63. The molecule has 2 atom stereocenters. The summed E-state index contributed by atoms with van der Waals surface area (Å²) in [6.45, 7) is 7.64. The van der Waals surface area contributed by atoms with E-state index in [9.17, 15) is 4.79 Å². The summed E-state index contributed by atoms with van der Waals surface area (Å²) >= 11 is 0. The van der Waals surface area contributed by atoms with Crippen molar-refractivity contribution >= 4 is 18.3 Å². The second-order valence-electron chi connectivity index (χ2n) is 7.17. The van der Waals surface area contributed by atoms with Crippen molar-refractivity contribution in [2.45, 2.75) is 65.2 Å². The molecular formula is C17H33ClN2O. The van der Waals surface area contributed by atoms with Crippen LogP contribution in [0, 0.1) is 17.3 Å². The molecule has 124 valence electrons. The minimum atomic E-state index is 0. The van der Waals surface area contributed by atoms with Crippen LogP contribution in [0.15, 0.2) is 0 Å². The van der Waals surface area contributed by atoms with Gasteiger partial charge in [-0.05, 0) is 62.4 Å². The van der Waals surface area contributed by atoms with Gasteiger partial charge >= 0.3 is 0 Å². The van der Waals surface area contributed by atoms with Gasteiger partial charge in [0.1, 0.15) is 0 Å². The Morgan fingerprint density at radius 3 is 2.67 bits per heavy atom. The van der Waals surface area contributed by atoms with Crippen molar-refractivity contribution in [1.82, 2.24) is 10.6 Å². The third-order valence-electron chi connectivity index (χ3n) is 5.50. The minimum Gasteiger partial charge on any atom is -0.356 e. The number of rotatable bonds is 7. The standard InChI is InChI=1S/C17H32N2O.ClH/c1-3-7-17(8-5-9-17)13-19-16(20)11-14(2)15-6-4-10-18-12-15;/h14-15,18H,3-13H2,1-2H3,(H,19,20);1H. The highest BCUT2D eigenvalue weighted by atomic mass is 35.5. The van der Waals surface area contributed by atoms with Gasteiger partial charge < -0.3 is 10.6 Å². The number of carbonyl (C=O) groups excluding carboxylic acids is 1. The van der Waals surface area contributed by atoms with Crippen LogP contribution in [0.4, 0.5) is 0 Å². The molecule has 21 heavy (non-hydrogen) atoms. The van der Waals surface area contributed by atoms with Crippen molar-refractivity contribution in [3.63, 3.8) is 0 Å². The van der Waals surface area contributed by atoms with Gasteiger partial charge in [-0.15, -0.1) is 12.4 Å². The lowest BCUT2D eigenvalue weighted by molar-refractivity contribution is -0.123. The van der Waals surface area contributed by atoms with E-state index in [-0.39, 0.29) is 18.3 Å². The summed E-state index contributed by atoms with van der Waals surface area (Å²) in [4.78, 5) is 12.2. The van der Waals surface area contributed by atoms with E-state index in [1.54, 1.807) is 0 Å². The van der Waals surface area contributed by atoms with Gasteiger partial charge in [-0.1, -0.05) is 26.7 Å². The van der Waals surface area contributed by atoms with Crippen LogP contribution in [0.25, 0.3) is 0 Å². The van der Waals surface area contributed by atoms with E-state index < -0.39 is 0 Å². The smallest absolute Gasteiger partial charge is 0.220 e. The maximum Gasteiger partial charge on any atom is 0.220 e. The Morgan fingerprint density at radius 2 is 2.14 bits per heavy atom. The topological polar surface area (TPSA) is 41.1 Å². The fourth-order valence-electron chi connectivity index (χ4n) is 3.90. The van der Waals surface area contributed by atoms with E-state index in [4.69, 9.17) is 0 Å². The van der Waals surface area contributed by atoms with Crippen molar-refractivity contribution in [3.05, 3.63) is 0 Å². The molecule has 2 unspecified atom stereocenters. The van der Waals surface area contributed by atoms with Gasteiger partial charge in [0, 0.05) is 13.0 Å². The van der Waals surface area contributed by atoms with E-state index in [2.05, 4.69) is 24.5 Å². The zero-order chi connectivity index (χ0) is 14.4. The average molecular weight is 317 g/mol. The predicted molar refractivity (Wildman–Crippen MR) is 90.8 cm³/mol. The van der Waals surface area contributed by atoms with Crippen LogP contribution in [0.1, 0.15) is 65.2 Å². The van der Waals surface area contributed by atoms with Crippen molar-refractivity contribution < 1.29 is 4.79 Å². The Labute approximate surface area is 136 Å². The SMILES string of the molecule is CCCC1(CNC(=O)CC(C)C2CCCNC2)CCC1.Cl. The summed E-state index contributed by atoms with van der Waals surface area (Å²) in [5.41, 5.74) is 0.444. The van der Waals surface area contributed by atoms with Crippen molar-refractivity contribution in [1.29, 1.82) is 0 Å². The fourth-order valence-corrected chi connectivity index (χ4v) is 3.90. The lowest BCUT2D eigenvalue weighted by Crippen LogP contribution is -2.43. The summed E-state index contributed by atoms with van der Waals surface area (Å²) in [5.74, 6) is 1.46. The van der Waals surface area contributed by atoms with Crippen LogP contribution in [-0.2, 0) is 4.79 Å². The molecule has 0 radical (unpaired) electrons. The summed E-state index contributed by atoms with van der Waals surface area (Å²) in [6, 6.07) is 0. The lowest BCUT2D eigenvalue weighted by Gasteiger charge is -2.42. The largest absolute Gasteiger partial charge is 0.356 e. The number of amides is 1. The monoisotopic (exact) mass is 316 g/mol. The van der Waals surface area contributed by atoms with Crippen LogP contribution < -0.4 is 10.6 Å². The number of piperidine rings is 1. The Morgan fingerprint density at radius 1 is 1.38 bits per heavy atom. The second kappa shape index (κ2) is 8.99. The van der Waals surface area contributed by atoms with Gasteiger partial charge in [0.25, 0.3) is 0 Å². The molecule has 0 spiro atoms. The number of hydrogen-bond acceptors (Lipinski definition) is 2. The summed E-state index contributed by atoms with van der Waals surface area (Å²) < 4.78 is 0. The Bertz CT molecular complexity index is 312. The van der Waals surface area contributed by atoms with E-state index in [0.717, 1.165) is 19.6 Å². The van der Waals surface area contributed by atoms with Crippen molar-refractivity contribution in [2.24, 2.45) is 17.3 Å². The van der Waals surface area contributed by atoms with Gasteiger partial charge in [-0.3, -0.25) is 4.79 Å². The highest BCUT2D eigenvalue weighted by Gasteiger charge is 2.36. The lowest BCUT2D eigenvalue weighted by atomic mass is 9.66. The van der Waals surface area contributed by atoms with Crippen molar-refractivity contribution in [3.8, 4) is 0 Å². The molecule has 0 aromatic heterocycles. The molecule has 1 amide bonds. The molecule has 3 nitrogen and oxygen atoms in total. The zero-order valence-electron chi connectivity index (χ0n) is 13.7. The number of nitrogens with one attached hydrogen (secondary N) is 2. The quantitative estimate of drug-likeness (QED) is 0.754. The van der Waals surface area contributed by atoms with Gasteiger partial charge in [0.05, 0.1) is 0 Å². The van der Waals surface area contributed by atoms with E-state index in [0.29, 0.717) is 23.7 Å². The first-order chi connectivity index (χ1) is 9.65. The molecule has 1 aliphatic carbocycles. The van der Waals surface area contributed by atoms with Crippen LogP contribution in [0.5, 0.6) is 0 Å². The highest BCUT2D eigenvalue weighted by molar-refractivity contribution is 5.85. The molecule has 2 fully saturated rings. The van der Waals surface area contributed by atoms with Crippen LogP contribution >= 0.6 is 12.4 Å². The van der Waals surface area contributed by atoms with Gasteiger partial charge in [0.15, 0.2) is 0 Å². The van der Waals surface area contributed by atoms with Crippen LogP contribution in [0.2, 0.25) is 0 Å². The Hall–Kier alpha value is -0.280. The third-order valence-corrected chi connectivity index (χ3v) is 5.50. The average Bonchev–Trinajstić information content (AvgIpc) is 2.42. The molecular weight excluding hydrogens is 284 g/mol. The van der Waals surface area contributed by atoms with Gasteiger partial charge in [0.2, 0.25) is 5.91 Å². The van der Waals surface area contributed by atoms with Gasteiger partial charge in [-0.25, -0.2) is 0 Å². The molecule has 2 N–H and O–H groups in total. The first-order valence-electron chi connectivity index (χ1n) is 8.63. The number of halogens is 1. The Kier molecular flexibility index (Phi) is 8.04. The maximum absolute atomic E-state index is 12.2. The first kappa shape index (κ1) is 18.8. The third kappa shape index (κ3) is 5.45. The minimum absolute atomic E-state index is 0. The predicted octanol–water partition coefficient (Wildman–Crippen LogP) is 3.52. The zero-order valence-corrected chi connectivity index (χ0v) is 14.6. The summed E-state index contributed by atoms with van der Waals surface area (Å²) in [5, 5.41) is 6.67. The maximum atomic E-state index is 12.2. The van der Waals surface area contributed by atoms with Gasteiger partial charge in [-0.2, -0.15) is 0 Å². The van der Waals surface area contributed by atoms with Crippen molar-refractivity contribution in [2.75, 3.05) is 19.6 Å².